The first-order chi connectivity index (χ1) is 15.4. The zero-order valence-corrected chi connectivity index (χ0v) is 20.5. The molecular weight excluding hydrogens is 467 g/mol. The van der Waals surface area contributed by atoms with Gasteiger partial charge in [-0.1, -0.05) is 79.4 Å². The van der Waals surface area contributed by atoms with E-state index >= 15 is 0 Å². The van der Waals surface area contributed by atoms with Crippen LogP contribution < -0.4 is 5.32 Å². The maximum absolute atomic E-state index is 13.6. The highest BCUT2D eigenvalue weighted by atomic mass is 35.5. The number of benzene rings is 2. The molecule has 3 rings (SSSR count). The zero-order valence-electron chi connectivity index (χ0n) is 18.2. The van der Waals surface area contributed by atoms with Crippen LogP contribution in [0.1, 0.15) is 49.8 Å². The minimum absolute atomic E-state index is 0.0813. The molecule has 3 atom stereocenters. The molecule has 0 unspecified atom stereocenters. The van der Waals surface area contributed by atoms with E-state index in [1.807, 2.05) is 36.4 Å². The molecule has 32 heavy (non-hydrogen) atoms. The molecule has 0 saturated heterocycles. The molecule has 1 saturated carbocycles. The van der Waals surface area contributed by atoms with Crippen molar-refractivity contribution in [1.29, 1.82) is 0 Å². The summed E-state index contributed by atoms with van der Waals surface area (Å²) in [5, 5.41) is 4.27. The monoisotopic (exact) mass is 494 g/mol. The SMILES string of the molecule is C[C@@H]1CCCC[C@H]1NC(=O)[C@@H](c1ccccc1Cl)N(CCc1ccccc1Cl)C(=O)CCl. The molecule has 1 aliphatic rings. The second kappa shape index (κ2) is 11.9. The molecule has 0 bridgehead atoms. The Balaban J connectivity index is 1.92. The molecule has 4 nitrogen and oxygen atoms in total. The number of rotatable bonds is 8. The molecule has 1 aliphatic carbocycles. The van der Waals surface area contributed by atoms with Crippen molar-refractivity contribution in [3.63, 3.8) is 0 Å². The second-order valence-corrected chi connectivity index (χ2v) is 9.44. The van der Waals surface area contributed by atoms with Crippen molar-refractivity contribution in [2.24, 2.45) is 5.92 Å². The number of carbonyl (C=O) groups is 2. The van der Waals surface area contributed by atoms with Crippen LogP contribution in [0.2, 0.25) is 10.0 Å². The standard InChI is InChI=1S/C25H29Cl3N2O2/c1-17-8-2-7-13-22(17)29-25(32)24(19-10-4-6-12-21(19)28)30(23(31)16-26)15-14-18-9-3-5-11-20(18)27/h3-6,9-12,17,22,24H,2,7-8,13-16H2,1H3,(H,29,32)/t17-,22-,24-/m1/s1. The highest BCUT2D eigenvalue weighted by Crippen LogP contribution is 2.31. The molecule has 172 valence electrons. The number of hydrogen-bond acceptors (Lipinski definition) is 2. The van der Waals surface area contributed by atoms with Gasteiger partial charge >= 0.3 is 0 Å². The Bertz CT molecular complexity index is 937. The van der Waals surface area contributed by atoms with Gasteiger partial charge in [0.15, 0.2) is 0 Å². The van der Waals surface area contributed by atoms with Gasteiger partial charge < -0.3 is 10.2 Å². The molecule has 0 radical (unpaired) electrons. The van der Waals surface area contributed by atoms with E-state index in [1.54, 1.807) is 12.1 Å². The smallest absolute Gasteiger partial charge is 0.247 e. The van der Waals surface area contributed by atoms with Crippen molar-refractivity contribution in [3.05, 3.63) is 69.7 Å². The van der Waals surface area contributed by atoms with Crippen molar-refractivity contribution in [3.8, 4) is 0 Å². The van der Waals surface area contributed by atoms with Crippen molar-refractivity contribution in [2.45, 2.75) is 51.1 Å². The average Bonchev–Trinajstić information content (AvgIpc) is 2.79. The summed E-state index contributed by atoms with van der Waals surface area (Å²) in [4.78, 5) is 28.1. The van der Waals surface area contributed by atoms with Crippen LogP contribution >= 0.6 is 34.8 Å². The van der Waals surface area contributed by atoms with Crippen molar-refractivity contribution in [2.75, 3.05) is 12.4 Å². The first kappa shape index (κ1) is 24.9. The van der Waals surface area contributed by atoms with E-state index in [4.69, 9.17) is 34.8 Å². The molecule has 2 aromatic rings. The topological polar surface area (TPSA) is 49.4 Å². The Kier molecular flexibility index (Phi) is 9.27. The van der Waals surface area contributed by atoms with Crippen LogP contribution in [-0.2, 0) is 16.0 Å². The third-order valence-electron chi connectivity index (χ3n) is 6.21. The second-order valence-electron chi connectivity index (χ2n) is 8.36. The van der Waals surface area contributed by atoms with Crippen LogP contribution in [0, 0.1) is 5.92 Å². The van der Waals surface area contributed by atoms with Crippen LogP contribution in [0.4, 0.5) is 0 Å². The molecule has 1 fully saturated rings. The highest BCUT2D eigenvalue weighted by Gasteiger charge is 2.34. The van der Waals surface area contributed by atoms with Gasteiger partial charge in [0.2, 0.25) is 11.8 Å². The van der Waals surface area contributed by atoms with E-state index in [-0.39, 0.29) is 23.7 Å². The molecule has 0 aromatic heterocycles. The fraction of sp³-hybridized carbons (Fsp3) is 0.440. The number of amides is 2. The minimum atomic E-state index is -0.869. The lowest BCUT2D eigenvalue weighted by Crippen LogP contribution is -2.49. The van der Waals surface area contributed by atoms with Crippen LogP contribution in [-0.4, -0.2) is 35.2 Å². The van der Waals surface area contributed by atoms with Crippen LogP contribution in [0.25, 0.3) is 0 Å². The molecule has 2 aromatic carbocycles. The largest absolute Gasteiger partial charge is 0.351 e. The van der Waals surface area contributed by atoms with E-state index in [1.165, 1.54) is 11.3 Å². The molecule has 2 amide bonds. The quantitative estimate of drug-likeness (QED) is 0.454. The Morgan fingerprint density at radius 1 is 1.03 bits per heavy atom. The number of nitrogens with one attached hydrogen (secondary N) is 1. The van der Waals surface area contributed by atoms with Gasteiger partial charge in [-0.15, -0.1) is 11.6 Å². The third-order valence-corrected chi connectivity index (χ3v) is 7.16. The fourth-order valence-corrected chi connectivity index (χ4v) is 4.98. The molecular formula is C25H29Cl3N2O2. The third kappa shape index (κ3) is 6.18. The Hall–Kier alpha value is -1.75. The van der Waals surface area contributed by atoms with E-state index in [9.17, 15) is 9.59 Å². The van der Waals surface area contributed by atoms with Crippen LogP contribution in [0.15, 0.2) is 48.5 Å². The number of halogens is 3. The molecule has 0 aliphatic heterocycles. The number of nitrogens with zero attached hydrogens (tertiary/aromatic N) is 1. The predicted octanol–water partition coefficient (Wildman–Crippen LogP) is 6.04. The van der Waals surface area contributed by atoms with Crippen LogP contribution in [0.5, 0.6) is 0 Å². The average molecular weight is 496 g/mol. The first-order valence-electron chi connectivity index (χ1n) is 11.1. The minimum Gasteiger partial charge on any atom is -0.351 e. The molecule has 1 N–H and O–H groups in total. The fourth-order valence-electron chi connectivity index (χ4n) is 4.36. The van der Waals surface area contributed by atoms with E-state index < -0.39 is 6.04 Å². The zero-order chi connectivity index (χ0) is 23.1. The van der Waals surface area contributed by atoms with Gasteiger partial charge in [-0.2, -0.15) is 0 Å². The Morgan fingerprint density at radius 3 is 2.34 bits per heavy atom. The summed E-state index contributed by atoms with van der Waals surface area (Å²) >= 11 is 18.8. The molecule has 0 spiro atoms. The Labute approximate surface area is 205 Å². The van der Waals surface area contributed by atoms with Gasteiger partial charge in [-0.05, 0) is 42.9 Å². The summed E-state index contributed by atoms with van der Waals surface area (Å²) in [6.45, 7) is 2.45. The van der Waals surface area contributed by atoms with Crippen molar-refractivity contribution < 1.29 is 9.59 Å². The highest BCUT2D eigenvalue weighted by molar-refractivity contribution is 6.32. The molecule has 7 heteroatoms. The normalized spacial score (nSPS) is 19.2. The lowest BCUT2D eigenvalue weighted by molar-refractivity contribution is -0.139. The number of alkyl halides is 1. The predicted molar refractivity (Wildman–Crippen MR) is 131 cm³/mol. The van der Waals surface area contributed by atoms with Crippen molar-refractivity contribution >= 4 is 46.6 Å². The first-order valence-corrected chi connectivity index (χ1v) is 12.3. The maximum atomic E-state index is 13.6. The van der Waals surface area contributed by atoms with Gasteiger partial charge in [0.25, 0.3) is 0 Å². The van der Waals surface area contributed by atoms with E-state index in [0.717, 1.165) is 24.8 Å². The maximum Gasteiger partial charge on any atom is 0.247 e. The summed E-state index contributed by atoms with van der Waals surface area (Å²) in [6, 6.07) is 13.9. The van der Waals surface area contributed by atoms with Gasteiger partial charge in [0.05, 0.1) is 0 Å². The van der Waals surface area contributed by atoms with E-state index in [2.05, 4.69) is 12.2 Å². The van der Waals surface area contributed by atoms with Gasteiger partial charge in [0, 0.05) is 28.2 Å². The number of carbonyl (C=O) groups excluding carboxylic acids is 2. The Morgan fingerprint density at radius 2 is 1.69 bits per heavy atom. The summed E-state index contributed by atoms with van der Waals surface area (Å²) in [6.07, 6.45) is 4.78. The van der Waals surface area contributed by atoms with Gasteiger partial charge in [-0.25, -0.2) is 0 Å². The lowest BCUT2D eigenvalue weighted by Gasteiger charge is -2.35. The van der Waals surface area contributed by atoms with E-state index in [0.29, 0.717) is 34.5 Å². The molecule has 0 heterocycles. The summed E-state index contributed by atoms with van der Waals surface area (Å²) in [7, 11) is 0. The number of hydrogen-bond donors (Lipinski definition) is 1. The van der Waals surface area contributed by atoms with Gasteiger partial charge in [-0.3, -0.25) is 9.59 Å². The lowest BCUT2D eigenvalue weighted by atomic mass is 9.85. The van der Waals surface area contributed by atoms with Crippen molar-refractivity contribution in [1.82, 2.24) is 10.2 Å². The van der Waals surface area contributed by atoms with Crippen LogP contribution in [0.3, 0.4) is 0 Å². The van der Waals surface area contributed by atoms with Gasteiger partial charge in [0.1, 0.15) is 11.9 Å². The summed E-state index contributed by atoms with van der Waals surface area (Å²) < 4.78 is 0. The summed E-state index contributed by atoms with van der Waals surface area (Å²) in [5.74, 6) is -0.388. The summed E-state index contributed by atoms with van der Waals surface area (Å²) in [5.41, 5.74) is 1.49.